The summed E-state index contributed by atoms with van der Waals surface area (Å²) >= 11 is 0. The summed E-state index contributed by atoms with van der Waals surface area (Å²) in [5.41, 5.74) is 0. The minimum atomic E-state index is -1.71. The lowest BCUT2D eigenvalue weighted by atomic mass is 9.96. The Hall–Kier alpha value is -1.82. The Morgan fingerprint density at radius 3 is 1.37 bits per heavy atom. The molecule has 0 saturated carbocycles. The average Bonchev–Trinajstić information content (AvgIpc) is 3.54. The Morgan fingerprint density at radius 1 is 0.592 bits per heavy atom. The first-order chi connectivity index (χ1) is 23.9. The Balaban J connectivity index is 2.40. The molecule has 1 saturated heterocycles. The van der Waals surface area contributed by atoms with Gasteiger partial charge in [0.2, 0.25) is 0 Å². The van der Waals surface area contributed by atoms with Gasteiger partial charge in [0.25, 0.3) is 5.79 Å². The van der Waals surface area contributed by atoms with Crippen molar-refractivity contribution in [1.82, 2.24) is 4.90 Å². The Kier molecular flexibility index (Phi) is 28.6. The van der Waals surface area contributed by atoms with Crippen LogP contribution in [0.1, 0.15) is 181 Å². The van der Waals surface area contributed by atoms with Crippen molar-refractivity contribution in [3.63, 3.8) is 0 Å². The number of Topliss-reactive ketones (excluding diaryl/α,β-unsaturated/α-hetero) is 2. The molecule has 1 aliphatic rings. The quantitative estimate of drug-likeness (QED) is 0.0391. The second kappa shape index (κ2) is 31.0. The summed E-state index contributed by atoms with van der Waals surface area (Å²) in [6, 6.07) is 0.106. The molecule has 2 unspecified atom stereocenters. The van der Waals surface area contributed by atoms with Gasteiger partial charge >= 0.3 is 0 Å². The molecule has 49 heavy (non-hydrogen) atoms. The van der Waals surface area contributed by atoms with Crippen LogP contribution >= 0.6 is 0 Å². The number of ketones is 2. The van der Waals surface area contributed by atoms with Crippen LogP contribution in [-0.2, 0) is 19.1 Å². The second-order valence-electron chi connectivity index (χ2n) is 14.3. The van der Waals surface area contributed by atoms with Gasteiger partial charge in [-0.25, -0.2) is 0 Å². The molecule has 0 N–H and O–H groups in total. The van der Waals surface area contributed by atoms with E-state index in [2.05, 4.69) is 74.3 Å². The van der Waals surface area contributed by atoms with E-state index in [4.69, 9.17) is 9.47 Å². The lowest BCUT2D eigenvalue weighted by molar-refractivity contribution is -0.193. The van der Waals surface area contributed by atoms with Crippen molar-refractivity contribution in [3.8, 4) is 0 Å². The zero-order valence-corrected chi connectivity index (χ0v) is 32.7. The number of hydrogen-bond donors (Lipinski definition) is 0. The molecular formula is C44H77NO4. The number of nitrogens with zero attached hydrogens (tertiary/aromatic N) is 1. The van der Waals surface area contributed by atoms with E-state index in [1.54, 1.807) is 0 Å². The molecule has 0 bridgehead atoms. The Bertz CT molecular complexity index is 875. The van der Waals surface area contributed by atoms with Crippen molar-refractivity contribution in [2.24, 2.45) is 0 Å². The summed E-state index contributed by atoms with van der Waals surface area (Å²) in [6.45, 7) is 6.89. The lowest BCUT2D eigenvalue weighted by Gasteiger charge is -2.30. The van der Waals surface area contributed by atoms with E-state index in [1.165, 1.54) is 77.0 Å². The number of hydrogen-bond acceptors (Lipinski definition) is 5. The fourth-order valence-electron chi connectivity index (χ4n) is 6.60. The van der Waals surface area contributed by atoms with E-state index in [0.29, 0.717) is 19.4 Å². The van der Waals surface area contributed by atoms with Crippen LogP contribution < -0.4 is 0 Å². The van der Waals surface area contributed by atoms with E-state index < -0.39 is 5.79 Å². The molecule has 5 nitrogen and oxygen atoms in total. The van der Waals surface area contributed by atoms with Crippen molar-refractivity contribution < 1.29 is 19.1 Å². The normalized spacial score (nSPS) is 17.1. The molecule has 0 radical (unpaired) electrons. The molecule has 0 aliphatic carbocycles. The molecule has 2 atom stereocenters. The van der Waals surface area contributed by atoms with Crippen molar-refractivity contribution in [3.05, 3.63) is 48.6 Å². The van der Waals surface area contributed by atoms with Crippen LogP contribution in [0.5, 0.6) is 0 Å². The molecule has 282 valence electrons. The summed E-state index contributed by atoms with van der Waals surface area (Å²) in [7, 11) is 4.04. The van der Waals surface area contributed by atoms with Gasteiger partial charge in [0, 0.05) is 18.9 Å². The maximum absolute atomic E-state index is 13.6. The molecule has 5 heteroatoms. The SMILES string of the molecule is CCCCC/C=C\C/C=C\CCCCCCCC(=O)C1(C(=O)CCCCCCC/C=C\C/C=C\CCCCC)OCC(C(CC)N(C)C)O1. The maximum atomic E-state index is 13.6. The molecule has 0 amide bonds. The summed E-state index contributed by atoms with van der Waals surface area (Å²) in [6.07, 6.45) is 44.5. The monoisotopic (exact) mass is 684 g/mol. The summed E-state index contributed by atoms with van der Waals surface area (Å²) < 4.78 is 12.4. The molecule has 0 spiro atoms. The minimum Gasteiger partial charge on any atom is -0.335 e. The fourth-order valence-corrected chi connectivity index (χ4v) is 6.60. The van der Waals surface area contributed by atoms with Gasteiger partial charge in [-0.1, -0.05) is 134 Å². The van der Waals surface area contributed by atoms with Crippen LogP contribution in [0.15, 0.2) is 48.6 Å². The third-order valence-corrected chi connectivity index (χ3v) is 9.72. The standard InChI is InChI=1S/C44H77NO4/c1-6-9-11-13-15-17-19-21-23-25-27-29-31-33-35-37-42(46)44(48-39-41(49-44)40(8-3)45(4)5)43(47)38-36-34-32-30-28-26-24-22-20-18-16-14-12-10-7-2/h15-18,21-24,40-41H,6-14,19-20,25-39H2,1-5H3/b17-15-,18-16-,23-21-,24-22-. The molecule has 1 aliphatic heterocycles. The topological polar surface area (TPSA) is 55.8 Å². The molecule has 0 aromatic rings. The van der Waals surface area contributed by atoms with Crippen molar-refractivity contribution in [2.45, 2.75) is 199 Å². The largest absolute Gasteiger partial charge is 0.335 e. The zero-order chi connectivity index (χ0) is 35.8. The van der Waals surface area contributed by atoms with Gasteiger partial charge in [-0.2, -0.15) is 0 Å². The highest BCUT2D eigenvalue weighted by atomic mass is 16.8. The molecule has 1 heterocycles. The highest BCUT2D eigenvalue weighted by molar-refractivity contribution is 6.09. The van der Waals surface area contributed by atoms with E-state index in [-0.39, 0.29) is 23.7 Å². The highest BCUT2D eigenvalue weighted by Gasteiger charge is 2.54. The van der Waals surface area contributed by atoms with Crippen LogP contribution in [0.2, 0.25) is 0 Å². The van der Waals surface area contributed by atoms with Crippen molar-refractivity contribution in [1.29, 1.82) is 0 Å². The zero-order valence-electron chi connectivity index (χ0n) is 32.7. The lowest BCUT2D eigenvalue weighted by Crippen LogP contribution is -2.50. The number of ether oxygens (including phenoxy) is 2. The molecule has 0 aromatic heterocycles. The van der Waals surface area contributed by atoms with Gasteiger partial charge in [0.15, 0.2) is 11.6 Å². The van der Waals surface area contributed by atoms with Crippen molar-refractivity contribution >= 4 is 11.6 Å². The van der Waals surface area contributed by atoms with E-state index in [0.717, 1.165) is 70.6 Å². The first-order valence-electron chi connectivity index (χ1n) is 20.6. The second-order valence-corrected chi connectivity index (χ2v) is 14.3. The average molecular weight is 684 g/mol. The van der Waals surface area contributed by atoms with Crippen LogP contribution in [0.3, 0.4) is 0 Å². The smallest absolute Gasteiger partial charge is 0.290 e. The van der Waals surface area contributed by atoms with Gasteiger partial charge in [0.1, 0.15) is 6.10 Å². The molecule has 1 rings (SSSR count). The van der Waals surface area contributed by atoms with Gasteiger partial charge in [0.05, 0.1) is 6.61 Å². The van der Waals surface area contributed by atoms with Crippen molar-refractivity contribution in [2.75, 3.05) is 20.7 Å². The van der Waals surface area contributed by atoms with Crippen LogP contribution in [0.25, 0.3) is 0 Å². The van der Waals surface area contributed by atoms with Crippen LogP contribution in [0.4, 0.5) is 0 Å². The maximum Gasteiger partial charge on any atom is 0.290 e. The fraction of sp³-hybridized carbons (Fsp3) is 0.773. The minimum absolute atomic E-state index is 0.106. The summed E-state index contributed by atoms with van der Waals surface area (Å²) in [5.74, 6) is -2.07. The number of allylic oxidation sites excluding steroid dienone is 8. The predicted octanol–water partition coefficient (Wildman–Crippen LogP) is 12.2. The van der Waals surface area contributed by atoms with Gasteiger partial charge in [-0.3, -0.25) is 9.59 Å². The first-order valence-corrected chi connectivity index (χ1v) is 20.6. The van der Waals surface area contributed by atoms with E-state index in [1.807, 2.05) is 14.1 Å². The Morgan fingerprint density at radius 2 is 0.980 bits per heavy atom. The van der Waals surface area contributed by atoms with Gasteiger partial charge < -0.3 is 14.4 Å². The highest BCUT2D eigenvalue weighted by Crippen LogP contribution is 2.33. The number of carbonyl (C=O) groups excluding carboxylic acids is 2. The number of rotatable bonds is 33. The van der Waals surface area contributed by atoms with E-state index in [9.17, 15) is 9.59 Å². The molecule has 0 aromatic carbocycles. The number of unbranched alkanes of at least 4 members (excludes halogenated alkanes) is 16. The molecule has 1 fully saturated rings. The Labute approximate surface area is 303 Å². The van der Waals surface area contributed by atoms with Gasteiger partial charge in [-0.05, 0) is 97.6 Å². The number of likely N-dealkylation sites (N-methyl/N-ethyl adjacent to an activating group) is 1. The number of carbonyl (C=O) groups is 2. The van der Waals surface area contributed by atoms with Gasteiger partial charge in [-0.15, -0.1) is 0 Å². The third-order valence-electron chi connectivity index (χ3n) is 9.72. The summed E-state index contributed by atoms with van der Waals surface area (Å²) in [5, 5.41) is 0. The van der Waals surface area contributed by atoms with E-state index >= 15 is 0 Å². The summed E-state index contributed by atoms with van der Waals surface area (Å²) in [4.78, 5) is 29.4. The predicted molar refractivity (Wildman–Crippen MR) is 210 cm³/mol. The molecular weight excluding hydrogens is 606 g/mol. The third kappa shape index (κ3) is 21.2. The van der Waals surface area contributed by atoms with Crippen LogP contribution in [0, 0.1) is 0 Å². The first kappa shape index (κ1) is 45.2. The van der Waals surface area contributed by atoms with Crippen LogP contribution in [-0.4, -0.2) is 55.1 Å².